The fourth-order valence-corrected chi connectivity index (χ4v) is 3.60. The van der Waals surface area contributed by atoms with Gasteiger partial charge in [-0.05, 0) is 12.5 Å². The number of aliphatic hydroxyl groups excluding tert-OH is 1. The van der Waals surface area contributed by atoms with Gasteiger partial charge in [0.05, 0.1) is 29.4 Å². The van der Waals surface area contributed by atoms with Gasteiger partial charge in [-0.1, -0.05) is 25.1 Å². The van der Waals surface area contributed by atoms with Crippen molar-refractivity contribution in [3.05, 3.63) is 30.6 Å². The Hall–Kier alpha value is -2.51. The zero-order chi connectivity index (χ0) is 18.3. The Kier molecular flexibility index (Phi) is 4.34. The van der Waals surface area contributed by atoms with Crippen LogP contribution in [0.25, 0.3) is 21.9 Å². The van der Waals surface area contributed by atoms with Gasteiger partial charge < -0.3 is 14.7 Å². The molecule has 0 bridgehead atoms. The van der Waals surface area contributed by atoms with Gasteiger partial charge in [0.2, 0.25) is 0 Å². The topological polar surface area (TPSA) is 75.8 Å². The first-order valence-corrected chi connectivity index (χ1v) is 8.88. The van der Waals surface area contributed by atoms with Crippen LogP contribution in [0.1, 0.15) is 26.0 Å². The molecule has 0 radical (unpaired) electrons. The molecule has 1 saturated heterocycles. The Morgan fingerprint density at radius 2 is 2.15 bits per heavy atom. The zero-order valence-electron chi connectivity index (χ0n) is 15.2. The van der Waals surface area contributed by atoms with Crippen molar-refractivity contribution in [2.75, 3.05) is 14.1 Å². The quantitative estimate of drug-likeness (QED) is 0.576. The minimum Gasteiger partial charge on any atom is -0.390 e. The van der Waals surface area contributed by atoms with E-state index in [4.69, 9.17) is 4.74 Å². The van der Waals surface area contributed by atoms with Crippen molar-refractivity contribution in [1.29, 1.82) is 0 Å². The fourth-order valence-electron chi connectivity index (χ4n) is 3.60. The van der Waals surface area contributed by atoms with Crippen LogP contribution in [-0.4, -0.2) is 57.2 Å². The highest BCUT2D eigenvalue weighted by atomic mass is 16.5. The first-order chi connectivity index (χ1) is 12.6. The number of fused-ring (bicyclic) bond motifs is 3. The third kappa shape index (κ3) is 2.73. The smallest absolute Gasteiger partial charge is 0.166 e. The Balaban J connectivity index is 1.94. The first kappa shape index (κ1) is 16.9. The number of aromatic nitrogens is 3. The molecule has 4 rings (SSSR count). The third-order valence-corrected chi connectivity index (χ3v) is 4.77. The maximum Gasteiger partial charge on any atom is 0.166 e. The third-order valence-electron chi connectivity index (χ3n) is 4.77. The van der Waals surface area contributed by atoms with Gasteiger partial charge >= 0.3 is 0 Å². The lowest BCUT2D eigenvalue weighted by Crippen LogP contribution is -2.19. The predicted octanol–water partition coefficient (Wildman–Crippen LogP) is 2.86. The molecule has 7 nitrogen and oxygen atoms in total. The Morgan fingerprint density at radius 3 is 2.88 bits per heavy atom. The SMILES string of the molecule is CC[C@H]1O[C@@H](n2c3ccccc3c3c(/N=C\N(C)C)ncnc32)CC1O. The summed E-state index contributed by atoms with van der Waals surface area (Å²) in [7, 11) is 3.84. The summed E-state index contributed by atoms with van der Waals surface area (Å²) in [6, 6.07) is 8.09. The summed E-state index contributed by atoms with van der Waals surface area (Å²) < 4.78 is 8.20. The van der Waals surface area contributed by atoms with E-state index in [1.807, 2.05) is 44.1 Å². The van der Waals surface area contributed by atoms with E-state index in [1.54, 1.807) is 6.34 Å². The molecule has 26 heavy (non-hydrogen) atoms. The predicted molar refractivity (Wildman–Crippen MR) is 102 cm³/mol. The molecule has 1 unspecified atom stereocenters. The van der Waals surface area contributed by atoms with Crippen molar-refractivity contribution in [2.45, 2.75) is 38.2 Å². The summed E-state index contributed by atoms with van der Waals surface area (Å²) in [5.74, 6) is 0.629. The summed E-state index contributed by atoms with van der Waals surface area (Å²) in [5.41, 5.74) is 1.79. The second kappa shape index (κ2) is 6.66. The van der Waals surface area contributed by atoms with Gasteiger partial charge in [0, 0.05) is 25.9 Å². The maximum absolute atomic E-state index is 10.3. The van der Waals surface area contributed by atoms with Crippen molar-refractivity contribution in [3.63, 3.8) is 0 Å². The highest BCUT2D eigenvalue weighted by Gasteiger charge is 2.35. The van der Waals surface area contributed by atoms with Crippen LogP contribution in [0.2, 0.25) is 0 Å². The van der Waals surface area contributed by atoms with Crippen LogP contribution in [0.5, 0.6) is 0 Å². The molecule has 0 spiro atoms. The van der Waals surface area contributed by atoms with Crippen LogP contribution >= 0.6 is 0 Å². The average molecular weight is 353 g/mol. The minimum atomic E-state index is -0.464. The van der Waals surface area contributed by atoms with Gasteiger partial charge in [0.25, 0.3) is 0 Å². The number of aliphatic imine (C=N–C) groups is 1. The molecule has 2 aromatic heterocycles. The van der Waals surface area contributed by atoms with E-state index in [0.29, 0.717) is 12.2 Å². The molecule has 1 fully saturated rings. The minimum absolute atomic E-state index is 0.149. The van der Waals surface area contributed by atoms with Crippen molar-refractivity contribution >= 4 is 34.1 Å². The normalized spacial score (nSPS) is 23.5. The van der Waals surface area contributed by atoms with Gasteiger partial charge in [0.1, 0.15) is 18.2 Å². The van der Waals surface area contributed by atoms with Gasteiger partial charge in [0.15, 0.2) is 5.82 Å². The standard InChI is InChI=1S/C19H23N5O2/c1-4-15-14(25)9-16(26-15)24-13-8-6-5-7-12(13)17-18(22-11-23(2)3)20-10-21-19(17)24/h5-8,10-11,14-16,25H,4,9H2,1-3H3/b22-11-/t14?,15-,16-/m1/s1. The summed E-state index contributed by atoms with van der Waals surface area (Å²) in [6.45, 7) is 2.03. The molecular formula is C19H23N5O2. The van der Waals surface area contributed by atoms with E-state index >= 15 is 0 Å². The lowest BCUT2D eigenvalue weighted by Gasteiger charge is -2.16. The second-order valence-corrected chi connectivity index (χ2v) is 6.83. The van der Waals surface area contributed by atoms with Crippen LogP contribution in [-0.2, 0) is 4.74 Å². The van der Waals surface area contributed by atoms with Crippen LogP contribution in [0.15, 0.2) is 35.6 Å². The van der Waals surface area contributed by atoms with Crippen LogP contribution in [0, 0.1) is 0 Å². The Morgan fingerprint density at radius 1 is 1.35 bits per heavy atom. The van der Waals surface area contributed by atoms with Crippen LogP contribution < -0.4 is 0 Å². The molecule has 7 heteroatoms. The van der Waals surface area contributed by atoms with Gasteiger partial charge in [-0.3, -0.25) is 4.57 Å². The van der Waals surface area contributed by atoms with E-state index in [0.717, 1.165) is 28.4 Å². The second-order valence-electron chi connectivity index (χ2n) is 6.83. The van der Waals surface area contributed by atoms with E-state index in [9.17, 15) is 5.11 Å². The highest BCUT2D eigenvalue weighted by Crippen LogP contribution is 2.39. The molecule has 1 aliphatic heterocycles. The Labute approximate surface area is 151 Å². The molecule has 3 heterocycles. The lowest BCUT2D eigenvalue weighted by molar-refractivity contribution is -0.0164. The number of para-hydroxylation sites is 1. The van der Waals surface area contributed by atoms with Crippen LogP contribution in [0.3, 0.4) is 0 Å². The van der Waals surface area contributed by atoms with Gasteiger partial charge in [-0.25, -0.2) is 15.0 Å². The van der Waals surface area contributed by atoms with Crippen molar-refractivity contribution < 1.29 is 9.84 Å². The Bertz CT molecular complexity index is 965. The summed E-state index contributed by atoms with van der Waals surface area (Å²) in [5, 5.41) is 12.2. The number of hydrogen-bond acceptors (Lipinski definition) is 5. The summed E-state index contributed by atoms with van der Waals surface area (Å²) in [4.78, 5) is 15.3. The number of rotatable bonds is 4. The molecule has 3 aromatic rings. The van der Waals surface area contributed by atoms with Crippen molar-refractivity contribution in [3.8, 4) is 0 Å². The van der Waals surface area contributed by atoms with Crippen molar-refractivity contribution in [2.24, 2.45) is 4.99 Å². The molecule has 0 saturated carbocycles. The fraction of sp³-hybridized carbons (Fsp3) is 0.421. The number of nitrogens with zero attached hydrogens (tertiary/aromatic N) is 5. The molecule has 1 N–H and O–H groups in total. The van der Waals surface area contributed by atoms with Gasteiger partial charge in [-0.15, -0.1) is 0 Å². The average Bonchev–Trinajstić information content (AvgIpc) is 3.17. The van der Waals surface area contributed by atoms with Crippen molar-refractivity contribution in [1.82, 2.24) is 19.4 Å². The molecule has 1 aromatic carbocycles. The zero-order valence-corrected chi connectivity index (χ0v) is 15.2. The van der Waals surface area contributed by atoms with Crippen LogP contribution in [0.4, 0.5) is 5.82 Å². The molecule has 0 aliphatic carbocycles. The number of aliphatic hydroxyl groups is 1. The molecule has 0 amide bonds. The molecular weight excluding hydrogens is 330 g/mol. The molecule has 136 valence electrons. The number of ether oxygens (including phenoxy) is 1. The largest absolute Gasteiger partial charge is 0.390 e. The molecule has 3 atom stereocenters. The highest BCUT2D eigenvalue weighted by molar-refractivity contribution is 6.11. The first-order valence-electron chi connectivity index (χ1n) is 8.88. The monoisotopic (exact) mass is 353 g/mol. The number of benzene rings is 1. The van der Waals surface area contributed by atoms with E-state index in [1.165, 1.54) is 6.33 Å². The number of hydrogen-bond donors (Lipinski definition) is 1. The summed E-state index contributed by atoms with van der Waals surface area (Å²) in [6.07, 6.45) is 3.73. The maximum atomic E-state index is 10.3. The lowest BCUT2D eigenvalue weighted by atomic mass is 10.1. The summed E-state index contributed by atoms with van der Waals surface area (Å²) >= 11 is 0. The molecule has 1 aliphatic rings. The van der Waals surface area contributed by atoms with E-state index < -0.39 is 6.10 Å². The van der Waals surface area contributed by atoms with E-state index in [2.05, 4.69) is 25.6 Å². The van der Waals surface area contributed by atoms with E-state index in [-0.39, 0.29) is 12.3 Å². The van der Waals surface area contributed by atoms with Gasteiger partial charge in [-0.2, -0.15) is 0 Å².